The van der Waals surface area contributed by atoms with Gasteiger partial charge in [-0.1, -0.05) is 24.3 Å². The molecular formula is C18H12BrN5O. The molecule has 2 aromatic carbocycles. The summed E-state index contributed by atoms with van der Waals surface area (Å²) in [6.45, 7) is 0. The van der Waals surface area contributed by atoms with Gasteiger partial charge >= 0.3 is 0 Å². The number of anilines is 3. The zero-order valence-electron chi connectivity index (χ0n) is 12.9. The van der Waals surface area contributed by atoms with Crippen LogP contribution in [-0.4, -0.2) is 15.9 Å². The van der Waals surface area contributed by atoms with E-state index in [9.17, 15) is 4.79 Å². The molecule has 0 aliphatic carbocycles. The first-order valence-corrected chi connectivity index (χ1v) is 8.12. The van der Waals surface area contributed by atoms with Gasteiger partial charge in [0.25, 0.3) is 5.91 Å². The molecule has 0 saturated heterocycles. The zero-order valence-corrected chi connectivity index (χ0v) is 14.5. The summed E-state index contributed by atoms with van der Waals surface area (Å²) in [5, 5.41) is 14.9. The van der Waals surface area contributed by atoms with Crippen LogP contribution in [0.5, 0.6) is 0 Å². The predicted molar refractivity (Wildman–Crippen MR) is 98.6 cm³/mol. The van der Waals surface area contributed by atoms with Crippen molar-refractivity contribution >= 4 is 39.2 Å². The Labute approximate surface area is 152 Å². The number of carbonyl (C=O) groups excluding carboxylic acids is 1. The number of hydrogen-bond acceptors (Lipinski definition) is 5. The monoisotopic (exact) mass is 393 g/mol. The van der Waals surface area contributed by atoms with Crippen LogP contribution in [0.25, 0.3) is 0 Å². The van der Waals surface area contributed by atoms with Crippen LogP contribution in [0.2, 0.25) is 0 Å². The van der Waals surface area contributed by atoms with E-state index in [1.807, 2.05) is 18.2 Å². The fourth-order valence-corrected chi connectivity index (χ4v) is 2.49. The van der Waals surface area contributed by atoms with Crippen LogP contribution in [-0.2, 0) is 0 Å². The average Bonchev–Trinajstić information content (AvgIpc) is 2.64. The van der Waals surface area contributed by atoms with E-state index in [2.05, 4.69) is 42.6 Å². The standard InChI is InChI=1S/C18H12BrN5O/c19-13-6-2-4-8-15(13)22-17(25)16-9-10-21-18(24-16)23-14-7-3-1-5-12(14)11-20/h1-10H,(H,22,25)(H,21,23,24). The van der Waals surface area contributed by atoms with Gasteiger partial charge in [0.15, 0.2) is 0 Å². The number of rotatable bonds is 4. The Morgan fingerprint density at radius 2 is 1.76 bits per heavy atom. The molecule has 0 radical (unpaired) electrons. The van der Waals surface area contributed by atoms with E-state index in [1.54, 1.807) is 30.3 Å². The van der Waals surface area contributed by atoms with E-state index in [4.69, 9.17) is 5.26 Å². The maximum atomic E-state index is 12.4. The molecule has 0 fully saturated rings. The van der Waals surface area contributed by atoms with Crippen LogP contribution in [0.4, 0.5) is 17.3 Å². The molecule has 6 nitrogen and oxygen atoms in total. The number of aromatic nitrogens is 2. The molecule has 0 atom stereocenters. The topological polar surface area (TPSA) is 90.7 Å². The first-order chi connectivity index (χ1) is 12.2. The third-order valence-electron chi connectivity index (χ3n) is 3.30. The van der Waals surface area contributed by atoms with Gasteiger partial charge < -0.3 is 10.6 Å². The van der Waals surface area contributed by atoms with Crippen molar-refractivity contribution in [3.63, 3.8) is 0 Å². The van der Waals surface area contributed by atoms with Crippen molar-refractivity contribution in [3.8, 4) is 6.07 Å². The molecule has 0 aliphatic rings. The first kappa shape index (κ1) is 16.6. The van der Waals surface area contributed by atoms with Gasteiger partial charge in [-0.15, -0.1) is 0 Å². The minimum absolute atomic E-state index is 0.211. The van der Waals surface area contributed by atoms with Gasteiger partial charge in [0.2, 0.25) is 5.95 Å². The quantitative estimate of drug-likeness (QED) is 0.695. The number of amides is 1. The number of nitrogens with zero attached hydrogens (tertiary/aromatic N) is 3. The molecule has 0 unspecified atom stereocenters. The smallest absolute Gasteiger partial charge is 0.274 e. The SMILES string of the molecule is N#Cc1ccccc1Nc1nccc(C(=O)Nc2ccccc2Br)n1. The van der Waals surface area contributed by atoms with Crippen LogP contribution in [0.15, 0.2) is 65.3 Å². The lowest BCUT2D eigenvalue weighted by atomic mass is 10.2. The summed E-state index contributed by atoms with van der Waals surface area (Å²) in [7, 11) is 0. The van der Waals surface area contributed by atoms with Crippen LogP contribution < -0.4 is 10.6 Å². The lowest BCUT2D eigenvalue weighted by Gasteiger charge is -2.09. The Kier molecular flexibility index (Phi) is 5.02. The van der Waals surface area contributed by atoms with Crippen molar-refractivity contribution < 1.29 is 4.79 Å². The number of halogens is 1. The fraction of sp³-hybridized carbons (Fsp3) is 0. The molecule has 122 valence electrons. The van der Waals surface area contributed by atoms with E-state index in [0.29, 0.717) is 16.9 Å². The number of nitrogens with one attached hydrogen (secondary N) is 2. The van der Waals surface area contributed by atoms with Gasteiger partial charge in [-0.05, 0) is 46.3 Å². The molecule has 0 aliphatic heterocycles. The van der Waals surface area contributed by atoms with Crippen molar-refractivity contribution in [2.24, 2.45) is 0 Å². The zero-order chi connectivity index (χ0) is 17.6. The molecule has 2 N–H and O–H groups in total. The molecule has 25 heavy (non-hydrogen) atoms. The minimum atomic E-state index is -0.356. The second kappa shape index (κ2) is 7.55. The molecule has 1 aromatic heterocycles. The molecule has 1 heterocycles. The van der Waals surface area contributed by atoms with Gasteiger partial charge in [0.1, 0.15) is 11.8 Å². The van der Waals surface area contributed by atoms with Crippen LogP contribution in [0.1, 0.15) is 16.1 Å². The Hall–Kier alpha value is -3.24. The number of benzene rings is 2. The average molecular weight is 394 g/mol. The summed E-state index contributed by atoms with van der Waals surface area (Å²) in [5.74, 6) is -0.117. The maximum Gasteiger partial charge on any atom is 0.274 e. The highest BCUT2D eigenvalue weighted by molar-refractivity contribution is 9.10. The van der Waals surface area contributed by atoms with Crippen LogP contribution in [0.3, 0.4) is 0 Å². The lowest BCUT2D eigenvalue weighted by Crippen LogP contribution is -2.15. The Morgan fingerprint density at radius 3 is 2.52 bits per heavy atom. The Bertz CT molecular complexity index is 967. The third-order valence-corrected chi connectivity index (χ3v) is 4.00. The summed E-state index contributed by atoms with van der Waals surface area (Å²) in [4.78, 5) is 20.7. The van der Waals surface area contributed by atoms with E-state index in [1.165, 1.54) is 12.3 Å². The lowest BCUT2D eigenvalue weighted by molar-refractivity contribution is 0.102. The summed E-state index contributed by atoms with van der Waals surface area (Å²) in [5.41, 5.74) is 1.90. The highest BCUT2D eigenvalue weighted by atomic mass is 79.9. The van der Waals surface area contributed by atoms with Gasteiger partial charge in [0.05, 0.1) is 16.9 Å². The van der Waals surface area contributed by atoms with E-state index >= 15 is 0 Å². The molecule has 0 saturated carbocycles. The van der Waals surface area contributed by atoms with Gasteiger partial charge in [-0.25, -0.2) is 9.97 Å². The number of carbonyl (C=O) groups is 1. The van der Waals surface area contributed by atoms with E-state index in [0.717, 1.165) is 4.47 Å². The molecule has 0 spiro atoms. The summed E-state index contributed by atoms with van der Waals surface area (Å²) in [6, 6.07) is 17.9. The molecule has 0 bridgehead atoms. The minimum Gasteiger partial charge on any atom is -0.323 e. The number of hydrogen-bond donors (Lipinski definition) is 2. The third kappa shape index (κ3) is 4.00. The van der Waals surface area contributed by atoms with Crippen molar-refractivity contribution in [2.45, 2.75) is 0 Å². The maximum absolute atomic E-state index is 12.4. The molecule has 1 amide bonds. The first-order valence-electron chi connectivity index (χ1n) is 7.32. The van der Waals surface area contributed by atoms with Gasteiger partial charge in [-0.3, -0.25) is 4.79 Å². The van der Waals surface area contributed by atoms with Crippen molar-refractivity contribution in [1.29, 1.82) is 5.26 Å². The highest BCUT2D eigenvalue weighted by Gasteiger charge is 2.11. The van der Waals surface area contributed by atoms with Gasteiger partial charge in [0, 0.05) is 10.7 Å². The number of nitriles is 1. The van der Waals surface area contributed by atoms with E-state index < -0.39 is 0 Å². The predicted octanol–water partition coefficient (Wildman–Crippen LogP) is 4.11. The van der Waals surface area contributed by atoms with Crippen molar-refractivity contribution in [2.75, 3.05) is 10.6 Å². The molecule has 7 heteroatoms. The van der Waals surface area contributed by atoms with Crippen LogP contribution >= 0.6 is 15.9 Å². The summed E-state index contributed by atoms with van der Waals surface area (Å²) in [6.07, 6.45) is 1.49. The second-order valence-electron chi connectivity index (χ2n) is 4.98. The molecular weight excluding hydrogens is 382 g/mol. The molecule has 3 aromatic rings. The second-order valence-corrected chi connectivity index (χ2v) is 5.84. The van der Waals surface area contributed by atoms with Crippen molar-refractivity contribution in [1.82, 2.24) is 9.97 Å². The largest absolute Gasteiger partial charge is 0.323 e. The molecule has 3 rings (SSSR count). The normalized spacial score (nSPS) is 9.92. The highest BCUT2D eigenvalue weighted by Crippen LogP contribution is 2.22. The Morgan fingerprint density at radius 1 is 1.04 bits per heavy atom. The summed E-state index contributed by atoms with van der Waals surface area (Å²) >= 11 is 3.38. The Balaban J connectivity index is 1.81. The van der Waals surface area contributed by atoms with Crippen LogP contribution in [0, 0.1) is 11.3 Å². The van der Waals surface area contributed by atoms with E-state index in [-0.39, 0.29) is 17.5 Å². The van der Waals surface area contributed by atoms with Crippen molar-refractivity contribution in [3.05, 3.63) is 76.5 Å². The van der Waals surface area contributed by atoms with Gasteiger partial charge in [-0.2, -0.15) is 5.26 Å². The fourth-order valence-electron chi connectivity index (χ4n) is 2.10. The summed E-state index contributed by atoms with van der Waals surface area (Å²) < 4.78 is 0.777. The number of para-hydroxylation sites is 2.